The van der Waals surface area contributed by atoms with Crippen LogP contribution in [0.5, 0.6) is 0 Å². The van der Waals surface area contributed by atoms with Crippen LogP contribution in [0.1, 0.15) is 12.0 Å². The van der Waals surface area contributed by atoms with E-state index in [2.05, 4.69) is 0 Å². The van der Waals surface area contributed by atoms with Crippen LogP contribution in [0.2, 0.25) is 15.1 Å². The monoisotopic (exact) mass is 281 g/mol. The summed E-state index contributed by atoms with van der Waals surface area (Å²) in [7, 11) is 0. The Balaban J connectivity index is 2.72. The molecule has 0 aliphatic heterocycles. The molecule has 0 aromatic heterocycles. The van der Waals surface area contributed by atoms with Gasteiger partial charge >= 0.3 is 5.97 Å². The summed E-state index contributed by atoms with van der Waals surface area (Å²) in [6.45, 7) is 0. The molecule has 6 heteroatoms. The minimum absolute atomic E-state index is 0.301. The Labute approximate surface area is 108 Å². The summed E-state index contributed by atoms with van der Waals surface area (Å²) >= 11 is 17.4. The summed E-state index contributed by atoms with van der Waals surface area (Å²) in [5.41, 5.74) is 6.19. The molecule has 88 valence electrons. The van der Waals surface area contributed by atoms with Crippen molar-refractivity contribution in [1.82, 2.24) is 0 Å². The first-order valence-corrected chi connectivity index (χ1v) is 5.67. The number of halogens is 3. The van der Waals surface area contributed by atoms with Crippen LogP contribution in [0.15, 0.2) is 12.1 Å². The molecule has 1 rings (SSSR count). The van der Waals surface area contributed by atoms with Crippen LogP contribution >= 0.6 is 34.8 Å². The van der Waals surface area contributed by atoms with Crippen LogP contribution in [0.25, 0.3) is 0 Å². The normalized spacial score (nSPS) is 12.5. The molecule has 0 amide bonds. The molecule has 16 heavy (non-hydrogen) atoms. The van der Waals surface area contributed by atoms with Gasteiger partial charge in [-0.1, -0.05) is 34.8 Å². The maximum atomic E-state index is 10.5. The molecular weight excluding hydrogens is 272 g/mol. The van der Waals surface area contributed by atoms with Crippen molar-refractivity contribution in [2.45, 2.75) is 18.9 Å². The first-order valence-electron chi connectivity index (χ1n) is 4.53. The summed E-state index contributed by atoms with van der Waals surface area (Å²) in [5, 5.41) is 9.63. The van der Waals surface area contributed by atoms with Crippen molar-refractivity contribution < 1.29 is 9.90 Å². The largest absolute Gasteiger partial charge is 0.480 e. The number of carboxylic acids is 1. The zero-order chi connectivity index (χ0) is 12.3. The smallest absolute Gasteiger partial charge is 0.320 e. The van der Waals surface area contributed by atoms with Gasteiger partial charge in [0.15, 0.2) is 0 Å². The van der Waals surface area contributed by atoms with Gasteiger partial charge in [0, 0.05) is 0 Å². The number of nitrogens with two attached hydrogens (primary N) is 1. The lowest BCUT2D eigenvalue weighted by molar-refractivity contribution is -0.138. The van der Waals surface area contributed by atoms with Crippen molar-refractivity contribution >= 4 is 40.8 Å². The van der Waals surface area contributed by atoms with Crippen molar-refractivity contribution in [2.75, 3.05) is 0 Å². The lowest BCUT2D eigenvalue weighted by Gasteiger charge is -2.08. The molecule has 0 saturated heterocycles. The Bertz CT molecular complexity index is 386. The SMILES string of the molecule is NC(CCc1cc(Cl)c(Cl)c(Cl)c1)C(=O)O. The van der Waals surface area contributed by atoms with Gasteiger partial charge in [0.2, 0.25) is 0 Å². The van der Waals surface area contributed by atoms with Crippen molar-refractivity contribution in [2.24, 2.45) is 5.73 Å². The maximum Gasteiger partial charge on any atom is 0.320 e. The third-order valence-electron chi connectivity index (χ3n) is 2.10. The van der Waals surface area contributed by atoms with Gasteiger partial charge in [-0.15, -0.1) is 0 Å². The number of rotatable bonds is 4. The van der Waals surface area contributed by atoms with Gasteiger partial charge in [-0.05, 0) is 30.5 Å². The van der Waals surface area contributed by atoms with E-state index in [0.717, 1.165) is 5.56 Å². The summed E-state index contributed by atoms with van der Waals surface area (Å²) in [4.78, 5) is 10.5. The molecule has 1 atom stereocenters. The standard InChI is InChI=1S/C10H10Cl3NO2/c11-6-3-5(4-7(12)9(6)13)1-2-8(14)10(15)16/h3-4,8H,1-2,14H2,(H,15,16). The van der Waals surface area contributed by atoms with Gasteiger partial charge < -0.3 is 10.8 Å². The van der Waals surface area contributed by atoms with Crippen LogP contribution in [-0.4, -0.2) is 17.1 Å². The molecule has 3 nitrogen and oxygen atoms in total. The van der Waals surface area contributed by atoms with Gasteiger partial charge in [0.25, 0.3) is 0 Å². The van der Waals surface area contributed by atoms with Crippen LogP contribution < -0.4 is 5.73 Å². The molecule has 0 aliphatic carbocycles. The van der Waals surface area contributed by atoms with Crippen molar-refractivity contribution in [3.8, 4) is 0 Å². The average Bonchev–Trinajstić information content (AvgIpc) is 2.22. The number of aliphatic carboxylic acids is 1. The van der Waals surface area contributed by atoms with Crippen molar-refractivity contribution in [3.63, 3.8) is 0 Å². The number of benzene rings is 1. The van der Waals surface area contributed by atoms with E-state index in [9.17, 15) is 4.79 Å². The molecule has 0 saturated carbocycles. The van der Waals surface area contributed by atoms with Crippen LogP contribution in [-0.2, 0) is 11.2 Å². The van der Waals surface area contributed by atoms with Crippen LogP contribution in [0.3, 0.4) is 0 Å². The van der Waals surface area contributed by atoms with Gasteiger partial charge in [-0.3, -0.25) is 4.79 Å². The van der Waals surface area contributed by atoms with E-state index >= 15 is 0 Å². The van der Waals surface area contributed by atoms with E-state index in [4.69, 9.17) is 45.6 Å². The van der Waals surface area contributed by atoms with Crippen LogP contribution in [0, 0.1) is 0 Å². The Morgan fingerprint density at radius 1 is 1.31 bits per heavy atom. The minimum atomic E-state index is -1.02. The van der Waals surface area contributed by atoms with Gasteiger partial charge in [0.05, 0.1) is 15.1 Å². The number of aryl methyl sites for hydroxylation is 1. The molecule has 0 heterocycles. The molecule has 1 aromatic carbocycles. The second-order valence-corrected chi connectivity index (χ2v) is 4.55. The Morgan fingerprint density at radius 2 is 1.81 bits per heavy atom. The van der Waals surface area contributed by atoms with Gasteiger partial charge in [0.1, 0.15) is 6.04 Å². The van der Waals surface area contributed by atoms with E-state index in [0.29, 0.717) is 27.9 Å². The first kappa shape index (κ1) is 13.6. The first-order chi connectivity index (χ1) is 7.41. The lowest BCUT2D eigenvalue weighted by atomic mass is 10.1. The Kier molecular flexibility index (Phi) is 4.87. The summed E-state index contributed by atoms with van der Waals surface area (Å²) in [6.07, 6.45) is 0.813. The second-order valence-electron chi connectivity index (χ2n) is 3.36. The fourth-order valence-corrected chi connectivity index (χ4v) is 1.84. The molecular formula is C10H10Cl3NO2. The molecule has 0 fully saturated rings. The number of hydrogen-bond donors (Lipinski definition) is 2. The average molecular weight is 283 g/mol. The molecule has 1 unspecified atom stereocenters. The van der Waals surface area contributed by atoms with E-state index in [1.54, 1.807) is 12.1 Å². The topological polar surface area (TPSA) is 63.3 Å². The third-order valence-corrected chi connectivity index (χ3v) is 3.30. The quantitative estimate of drug-likeness (QED) is 0.835. The molecule has 0 spiro atoms. The highest BCUT2D eigenvalue weighted by Crippen LogP contribution is 2.31. The highest BCUT2D eigenvalue weighted by molar-refractivity contribution is 6.48. The molecule has 0 aliphatic rings. The van der Waals surface area contributed by atoms with Crippen molar-refractivity contribution in [3.05, 3.63) is 32.8 Å². The van der Waals surface area contributed by atoms with E-state index in [1.165, 1.54) is 0 Å². The van der Waals surface area contributed by atoms with E-state index < -0.39 is 12.0 Å². The summed E-state index contributed by atoms with van der Waals surface area (Å²) in [6, 6.07) is 2.43. The van der Waals surface area contributed by atoms with Crippen LogP contribution in [0.4, 0.5) is 0 Å². The molecule has 0 bridgehead atoms. The number of carbonyl (C=O) groups is 1. The van der Waals surface area contributed by atoms with E-state index in [1.807, 2.05) is 0 Å². The highest BCUT2D eigenvalue weighted by Gasteiger charge is 2.12. The van der Waals surface area contributed by atoms with E-state index in [-0.39, 0.29) is 0 Å². The summed E-state index contributed by atoms with van der Waals surface area (Å²) < 4.78 is 0. The predicted molar refractivity (Wildman–Crippen MR) is 65.4 cm³/mol. The lowest BCUT2D eigenvalue weighted by Crippen LogP contribution is -2.30. The Hall–Kier alpha value is -0.480. The van der Waals surface area contributed by atoms with Crippen molar-refractivity contribution in [1.29, 1.82) is 0 Å². The maximum absolute atomic E-state index is 10.5. The Morgan fingerprint density at radius 3 is 2.25 bits per heavy atom. The van der Waals surface area contributed by atoms with Gasteiger partial charge in [-0.2, -0.15) is 0 Å². The fraction of sp³-hybridized carbons (Fsp3) is 0.300. The highest BCUT2D eigenvalue weighted by atomic mass is 35.5. The molecule has 0 radical (unpaired) electrons. The zero-order valence-electron chi connectivity index (χ0n) is 8.21. The predicted octanol–water partition coefficient (Wildman–Crippen LogP) is 2.99. The second kappa shape index (κ2) is 5.73. The molecule has 1 aromatic rings. The zero-order valence-corrected chi connectivity index (χ0v) is 10.5. The van der Waals surface area contributed by atoms with Gasteiger partial charge in [-0.25, -0.2) is 0 Å². The fourth-order valence-electron chi connectivity index (χ4n) is 1.20. The number of hydrogen-bond acceptors (Lipinski definition) is 2. The summed E-state index contributed by atoms with van der Waals surface area (Å²) in [5.74, 6) is -1.02. The molecule has 3 N–H and O–H groups in total. The third kappa shape index (κ3) is 3.52. The minimum Gasteiger partial charge on any atom is -0.480 e. The number of carboxylic acid groups (broad SMARTS) is 1.